The molecule has 1 aliphatic heterocycles. The van der Waals surface area contributed by atoms with Crippen LogP contribution in [0.2, 0.25) is 0 Å². The predicted molar refractivity (Wildman–Crippen MR) is 128 cm³/mol. The molecule has 5 rings (SSSR count). The first-order valence-electron chi connectivity index (χ1n) is 11.6. The van der Waals surface area contributed by atoms with Gasteiger partial charge in [-0.1, -0.05) is 55.5 Å². The summed E-state index contributed by atoms with van der Waals surface area (Å²) in [6.45, 7) is 2.48. The fraction of sp³-hybridized carbons (Fsp3) is 0.308. The minimum Gasteiger partial charge on any atom is -0.481 e. The van der Waals surface area contributed by atoms with Crippen molar-refractivity contribution in [2.75, 3.05) is 25.0 Å². The number of carbonyl (C=O) groups is 3. The Morgan fingerprint density at radius 3 is 2.40 bits per heavy atom. The molecule has 1 aromatic heterocycles. The van der Waals surface area contributed by atoms with Gasteiger partial charge in [-0.25, -0.2) is 4.79 Å². The number of aromatic nitrogens is 2. The Kier molecular flexibility index (Phi) is 5.76. The molecule has 1 unspecified atom stereocenters. The van der Waals surface area contributed by atoms with Crippen LogP contribution in [0.4, 0.5) is 10.6 Å². The van der Waals surface area contributed by atoms with Gasteiger partial charge in [0.2, 0.25) is 0 Å². The lowest BCUT2D eigenvalue weighted by molar-refractivity contribution is -0.148. The zero-order chi connectivity index (χ0) is 24.6. The van der Waals surface area contributed by atoms with E-state index in [-0.39, 0.29) is 36.5 Å². The lowest BCUT2D eigenvalue weighted by Gasteiger charge is -2.22. The number of carbonyl (C=O) groups excluding carboxylic acids is 2. The monoisotopic (exact) mass is 474 g/mol. The molecule has 1 saturated heterocycles. The molecule has 35 heavy (non-hydrogen) atoms. The maximum absolute atomic E-state index is 12.8. The van der Waals surface area contributed by atoms with Crippen molar-refractivity contribution in [3.8, 4) is 11.1 Å². The molecule has 3 N–H and O–H groups in total. The van der Waals surface area contributed by atoms with Gasteiger partial charge in [0.25, 0.3) is 5.91 Å². The van der Waals surface area contributed by atoms with Crippen LogP contribution in [0.3, 0.4) is 0 Å². The number of hydrogen-bond acceptors (Lipinski definition) is 5. The summed E-state index contributed by atoms with van der Waals surface area (Å²) in [5.41, 5.74) is 3.77. The zero-order valence-corrected chi connectivity index (χ0v) is 19.3. The van der Waals surface area contributed by atoms with E-state index in [2.05, 4.69) is 27.6 Å². The molecule has 2 heterocycles. The van der Waals surface area contributed by atoms with Gasteiger partial charge in [-0.2, -0.15) is 5.10 Å². The van der Waals surface area contributed by atoms with E-state index in [1.807, 2.05) is 43.3 Å². The maximum atomic E-state index is 12.8. The van der Waals surface area contributed by atoms with Crippen LogP contribution in [-0.2, 0) is 9.53 Å². The molecule has 9 heteroatoms. The summed E-state index contributed by atoms with van der Waals surface area (Å²) in [6, 6.07) is 17.6. The number of rotatable bonds is 6. The molecule has 1 atom stereocenters. The average molecular weight is 475 g/mol. The second-order valence-electron chi connectivity index (χ2n) is 9.03. The molecule has 2 aromatic carbocycles. The normalized spacial score (nSPS) is 18.7. The number of nitrogens with zero attached hydrogens (tertiary/aromatic N) is 2. The van der Waals surface area contributed by atoms with E-state index in [0.717, 1.165) is 22.3 Å². The van der Waals surface area contributed by atoms with Crippen molar-refractivity contribution < 1.29 is 24.2 Å². The first-order chi connectivity index (χ1) is 16.9. The summed E-state index contributed by atoms with van der Waals surface area (Å²) < 4.78 is 5.52. The van der Waals surface area contributed by atoms with Crippen molar-refractivity contribution in [1.29, 1.82) is 0 Å². The fourth-order valence-corrected chi connectivity index (χ4v) is 5.06. The summed E-state index contributed by atoms with van der Waals surface area (Å²) in [5.74, 6) is -1.15. The Bertz CT molecular complexity index is 1260. The van der Waals surface area contributed by atoms with Crippen LogP contribution >= 0.6 is 0 Å². The highest BCUT2D eigenvalue weighted by molar-refractivity contribution is 5.95. The summed E-state index contributed by atoms with van der Waals surface area (Å²) >= 11 is 0. The van der Waals surface area contributed by atoms with Gasteiger partial charge >= 0.3 is 12.1 Å². The van der Waals surface area contributed by atoms with Crippen LogP contribution in [0.25, 0.3) is 11.1 Å². The number of aromatic amines is 1. The number of likely N-dealkylation sites (tertiary alicyclic amines) is 1. The van der Waals surface area contributed by atoms with Gasteiger partial charge in [0, 0.05) is 25.1 Å². The Morgan fingerprint density at radius 2 is 1.80 bits per heavy atom. The smallest absolute Gasteiger partial charge is 0.412 e. The maximum Gasteiger partial charge on any atom is 0.412 e. The van der Waals surface area contributed by atoms with Gasteiger partial charge in [0.15, 0.2) is 5.82 Å². The van der Waals surface area contributed by atoms with Crippen molar-refractivity contribution in [1.82, 2.24) is 15.1 Å². The van der Waals surface area contributed by atoms with E-state index in [1.54, 1.807) is 0 Å². The van der Waals surface area contributed by atoms with Gasteiger partial charge in [-0.05, 0) is 35.1 Å². The molecule has 0 bridgehead atoms. The Morgan fingerprint density at radius 1 is 1.14 bits per heavy atom. The highest BCUT2D eigenvalue weighted by Gasteiger charge is 2.45. The van der Waals surface area contributed by atoms with Crippen molar-refractivity contribution in [3.63, 3.8) is 0 Å². The first kappa shape index (κ1) is 22.6. The second kappa shape index (κ2) is 8.90. The lowest BCUT2D eigenvalue weighted by Crippen LogP contribution is -2.36. The number of amides is 2. The van der Waals surface area contributed by atoms with Crippen LogP contribution in [0.5, 0.6) is 0 Å². The predicted octanol–water partition coefficient (Wildman–Crippen LogP) is 4.10. The van der Waals surface area contributed by atoms with E-state index in [0.29, 0.717) is 19.4 Å². The highest BCUT2D eigenvalue weighted by Crippen LogP contribution is 2.44. The molecular weight excluding hydrogens is 448 g/mol. The molecule has 2 amide bonds. The Hall–Kier alpha value is -4.14. The zero-order valence-electron chi connectivity index (χ0n) is 19.3. The van der Waals surface area contributed by atoms with Crippen molar-refractivity contribution >= 4 is 23.8 Å². The first-order valence-corrected chi connectivity index (χ1v) is 11.6. The molecular formula is C26H26N4O5. The molecule has 0 radical (unpaired) electrons. The fourth-order valence-electron chi connectivity index (χ4n) is 5.06. The average Bonchev–Trinajstić information content (AvgIpc) is 3.59. The topological polar surface area (TPSA) is 125 Å². The SMILES string of the molecule is CCC1(C(=O)O)CCN(C(=O)c2cc(NC(=O)OCC3c4ccccc4-c4ccccc43)n[nH]2)C1. The summed E-state index contributed by atoms with van der Waals surface area (Å²) in [5, 5.41) is 18.7. The third kappa shape index (κ3) is 4.03. The number of benzene rings is 2. The summed E-state index contributed by atoms with van der Waals surface area (Å²) in [4.78, 5) is 38.5. The van der Waals surface area contributed by atoms with Gasteiger partial charge in [0.05, 0.1) is 5.41 Å². The Labute approximate surface area is 202 Å². The lowest BCUT2D eigenvalue weighted by atomic mass is 9.84. The van der Waals surface area contributed by atoms with Crippen molar-refractivity contribution in [2.45, 2.75) is 25.7 Å². The van der Waals surface area contributed by atoms with E-state index in [1.165, 1.54) is 11.0 Å². The number of aliphatic carboxylic acids is 1. The molecule has 3 aromatic rings. The van der Waals surface area contributed by atoms with Crippen LogP contribution in [0.1, 0.15) is 47.3 Å². The molecule has 2 aliphatic rings. The number of carboxylic acids is 1. The third-order valence-electron chi connectivity index (χ3n) is 7.15. The van der Waals surface area contributed by atoms with Crippen molar-refractivity contribution in [2.24, 2.45) is 5.41 Å². The number of anilines is 1. The van der Waals surface area contributed by atoms with Gasteiger partial charge < -0.3 is 14.7 Å². The minimum atomic E-state index is -0.919. The van der Waals surface area contributed by atoms with Crippen LogP contribution in [-0.4, -0.2) is 57.9 Å². The van der Waals surface area contributed by atoms with Gasteiger partial charge in [-0.3, -0.25) is 20.0 Å². The Balaban J connectivity index is 1.21. The number of carboxylic acid groups (broad SMARTS) is 1. The molecule has 180 valence electrons. The van der Waals surface area contributed by atoms with Crippen LogP contribution < -0.4 is 5.32 Å². The number of H-pyrrole nitrogens is 1. The number of hydrogen-bond donors (Lipinski definition) is 3. The van der Waals surface area contributed by atoms with E-state index >= 15 is 0 Å². The van der Waals surface area contributed by atoms with E-state index < -0.39 is 17.5 Å². The van der Waals surface area contributed by atoms with E-state index in [4.69, 9.17) is 4.74 Å². The number of fused-ring (bicyclic) bond motifs is 3. The standard InChI is InChI=1S/C26H26N4O5/c1-2-26(24(32)33)11-12-30(15-26)23(31)21-13-22(29-28-21)27-25(34)35-14-20-18-9-5-3-7-16(18)17-8-4-6-10-19(17)20/h3-10,13,20H,2,11-12,14-15H2,1H3,(H,32,33)(H2,27,28,29,34). The van der Waals surface area contributed by atoms with Crippen LogP contribution in [0, 0.1) is 5.41 Å². The van der Waals surface area contributed by atoms with E-state index in [9.17, 15) is 19.5 Å². The van der Waals surface area contributed by atoms with Crippen LogP contribution in [0.15, 0.2) is 54.6 Å². The van der Waals surface area contributed by atoms with Gasteiger partial charge in [0.1, 0.15) is 12.3 Å². The number of ether oxygens (including phenoxy) is 1. The highest BCUT2D eigenvalue weighted by atomic mass is 16.5. The molecule has 9 nitrogen and oxygen atoms in total. The molecule has 0 saturated carbocycles. The molecule has 1 fully saturated rings. The molecule has 1 aliphatic carbocycles. The number of nitrogens with one attached hydrogen (secondary N) is 2. The summed E-state index contributed by atoms with van der Waals surface area (Å²) in [6.07, 6.45) is 0.183. The second-order valence-corrected chi connectivity index (χ2v) is 9.03. The van der Waals surface area contributed by atoms with Crippen molar-refractivity contribution in [3.05, 3.63) is 71.4 Å². The third-order valence-corrected chi connectivity index (χ3v) is 7.15. The molecule has 0 spiro atoms. The quantitative estimate of drug-likeness (QED) is 0.494. The largest absolute Gasteiger partial charge is 0.481 e. The van der Waals surface area contributed by atoms with Gasteiger partial charge in [-0.15, -0.1) is 0 Å². The minimum absolute atomic E-state index is 0.0623. The summed E-state index contributed by atoms with van der Waals surface area (Å²) in [7, 11) is 0.